The van der Waals surface area contributed by atoms with Crippen LogP contribution in [-0.2, 0) is 4.87 Å². The molecule has 0 fully saturated rings. The molecule has 8 nitrogen and oxygen atoms in total. The summed E-state index contributed by atoms with van der Waals surface area (Å²) in [7, 11) is 0. The monoisotopic (exact) mass is 422 g/mol. The van der Waals surface area contributed by atoms with Crippen LogP contribution in [-0.4, -0.2) is 27.9 Å². The number of anilines is 1. The molecule has 0 aliphatic carbocycles. The topological polar surface area (TPSA) is 111 Å². The first kappa shape index (κ1) is 22.4. The zero-order valence-corrected chi connectivity index (χ0v) is 14.0. The van der Waals surface area contributed by atoms with Crippen LogP contribution in [0.25, 0.3) is 0 Å². The second-order valence-corrected chi connectivity index (χ2v) is 5.80. The lowest BCUT2D eigenvalue weighted by Gasteiger charge is -2.31. The maximum Gasteiger partial charge on any atom is 0.420 e. The fourth-order valence-corrected chi connectivity index (χ4v) is 1.98. The highest BCUT2D eigenvalue weighted by Crippen LogP contribution is 2.56. The van der Waals surface area contributed by atoms with Crippen molar-refractivity contribution in [3.8, 4) is 0 Å². The van der Waals surface area contributed by atoms with E-state index in [1.54, 1.807) is 0 Å². The van der Waals surface area contributed by atoms with Crippen molar-refractivity contribution in [2.75, 3.05) is 5.43 Å². The van der Waals surface area contributed by atoms with Gasteiger partial charge >= 0.3 is 23.7 Å². The van der Waals surface area contributed by atoms with Crippen molar-refractivity contribution < 1.29 is 36.2 Å². The fourth-order valence-electron chi connectivity index (χ4n) is 1.87. The van der Waals surface area contributed by atoms with E-state index in [1.807, 2.05) is 5.43 Å². The molecule has 0 saturated carbocycles. The lowest BCUT2D eigenvalue weighted by atomic mass is 9.95. The molecule has 15 heteroatoms. The summed E-state index contributed by atoms with van der Waals surface area (Å²) in [5, 5.41) is 25.7. The highest BCUT2D eigenvalue weighted by atomic mass is 35.5. The molecule has 1 rings (SSSR count). The molecule has 1 aromatic carbocycles. The Morgan fingerprint density at radius 3 is 1.63 bits per heavy atom. The number of nitrogens with one attached hydrogen (secondary N) is 1. The summed E-state index contributed by atoms with van der Waals surface area (Å²) in [6, 6.07) is -0.270. The molecule has 0 unspecified atom stereocenters. The molecule has 0 amide bonds. The summed E-state index contributed by atoms with van der Waals surface area (Å²) < 4.78 is 78.5. The molecule has 0 radical (unpaired) electrons. The Kier molecular flexibility index (Phi) is 5.95. The Morgan fingerprint density at radius 2 is 1.37 bits per heavy atom. The van der Waals surface area contributed by atoms with Crippen molar-refractivity contribution in [3.63, 3.8) is 0 Å². The molecule has 0 spiro atoms. The Hall–Kier alpha value is -2.64. The number of alkyl halides is 7. The average Bonchev–Trinajstić information content (AvgIpc) is 2.48. The zero-order valence-electron chi connectivity index (χ0n) is 13.3. The van der Waals surface area contributed by atoms with Gasteiger partial charge in [-0.2, -0.15) is 31.4 Å². The van der Waals surface area contributed by atoms with Crippen molar-refractivity contribution in [1.82, 2.24) is 0 Å². The number of nitro groups is 2. The van der Waals surface area contributed by atoms with Gasteiger partial charge in [0.15, 0.2) is 0 Å². The van der Waals surface area contributed by atoms with Crippen LogP contribution in [0.3, 0.4) is 0 Å². The third kappa shape index (κ3) is 4.20. The van der Waals surface area contributed by atoms with Crippen LogP contribution in [0.2, 0.25) is 0 Å². The number of nitrogens with zero attached hydrogens (tertiary/aromatic N) is 3. The van der Waals surface area contributed by atoms with Gasteiger partial charge in [-0.1, -0.05) is 11.6 Å². The zero-order chi connectivity index (χ0) is 21.4. The molecule has 27 heavy (non-hydrogen) atoms. The quantitative estimate of drug-likeness (QED) is 0.239. The van der Waals surface area contributed by atoms with Crippen LogP contribution < -0.4 is 5.43 Å². The lowest BCUT2D eigenvalue weighted by Crippen LogP contribution is -2.49. The second kappa shape index (κ2) is 7.17. The smallest absolute Gasteiger partial charge is 0.266 e. The standard InChI is InChI=1S/C12H9ClF6N4O4/c1-5(2)20-21-9-7(22(24)25)3-6(4-8(9)23(26)27)10(13,11(14,15)16)12(17,18)19/h3-4,21H,1-2H3. The first-order valence-electron chi connectivity index (χ1n) is 6.60. The van der Waals surface area contributed by atoms with Gasteiger partial charge in [0.1, 0.15) is 0 Å². The van der Waals surface area contributed by atoms with E-state index in [9.17, 15) is 46.6 Å². The largest absolute Gasteiger partial charge is 0.420 e. The maximum absolute atomic E-state index is 13.1. The van der Waals surface area contributed by atoms with Gasteiger partial charge < -0.3 is 0 Å². The van der Waals surface area contributed by atoms with Gasteiger partial charge in [-0.05, 0) is 13.8 Å². The highest BCUT2D eigenvalue weighted by Gasteiger charge is 2.71. The Morgan fingerprint density at radius 1 is 1.00 bits per heavy atom. The molecule has 0 aliphatic rings. The fraction of sp³-hybridized carbons (Fsp3) is 0.417. The highest BCUT2D eigenvalue weighted by molar-refractivity contribution is 6.25. The van der Waals surface area contributed by atoms with Gasteiger partial charge in [0.05, 0.1) is 9.85 Å². The summed E-state index contributed by atoms with van der Waals surface area (Å²) >= 11 is 4.81. The van der Waals surface area contributed by atoms with Crippen molar-refractivity contribution in [1.29, 1.82) is 0 Å². The Balaban J connectivity index is 3.95. The molecule has 0 bridgehead atoms. The van der Waals surface area contributed by atoms with Gasteiger partial charge in [-0.25, -0.2) is 0 Å². The average molecular weight is 423 g/mol. The number of halogens is 7. The maximum atomic E-state index is 13.1. The van der Waals surface area contributed by atoms with Gasteiger partial charge in [0.2, 0.25) is 5.69 Å². The Labute approximate surface area is 151 Å². The van der Waals surface area contributed by atoms with Crippen LogP contribution >= 0.6 is 11.6 Å². The molecule has 150 valence electrons. The van der Waals surface area contributed by atoms with E-state index in [2.05, 4.69) is 5.10 Å². The summed E-state index contributed by atoms with van der Waals surface area (Å²) in [4.78, 5) is 14.3. The van der Waals surface area contributed by atoms with E-state index in [4.69, 9.17) is 11.6 Å². The minimum absolute atomic E-state index is 0.135. The molecule has 0 aromatic heterocycles. The number of hydrogen-bond acceptors (Lipinski definition) is 6. The number of hydrazone groups is 1. The normalized spacial score (nSPS) is 12.5. The minimum atomic E-state index is -6.17. The van der Waals surface area contributed by atoms with Gasteiger partial charge in [0.25, 0.3) is 4.87 Å². The Bertz CT molecular complexity index is 755. The van der Waals surface area contributed by atoms with Crippen LogP contribution in [0.5, 0.6) is 0 Å². The molecule has 0 atom stereocenters. The predicted molar refractivity (Wildman–Crippen MR) is 81.8 cm³/mol. The lowest BCUT2D eigenvalue weighted by molar-refractivity contribution is -0.392. The van der Waals surface area contributed by atoms with Crippen LogP contribution in [0, 0.1) is 20.2 Å². The van der Waals surface area contributed by atoms with Crippen LogP contribution in [0.15, 0.2) is 17.2 Å². The second-order valence-electron chi connectivity index (χ2n) is 5.23. The first-order chi connectivity index (χ1) is 12.0. The van der Waals surface area contributed by atoms with Crippen molar-refractivity contribution >= 4 is 34.4 Å². The van der Waals surface area contributed by atoms with Crippen molar-refractivity contribution in [2.24, 2.45) is 5.10 Å². The molecular formula is C12H9ClF6N4O4. The number of nitro benzene ring substituents is 2. The minimum Gasteiger partial charge on any atom is -0.266 e. The van der Waals surface area contributed by atoms with E-state index < -0.39 is 49.7 Å². The van der Waals surface area contributed by atoms with E-state index in [-0.39, 0.29) is 17.8 Å². The van der Waals surface area contributed by atoms with E-state index in [0.29, 0.717) is 0 Å². The van der Waals surface area contributed by atoms with Crippen LogP contribution in [0.4, 0.5) is 43.4 Å². The molecule has 1 aromatic rings. The summed E-state index contributed by atoms with van der Waals surface area (Å²) in [6.07, 6.45) is -12.3. The third-order valence-corrected chi connectivity index (χ3v) is 3.71. The number of rotatable bonds is 5. The number of hydrogen-bond donors (Lipinski definition) is 1. The summed E-state index contributed by atoms with van der Waals surface area (Å²) in [5.41, 5.74) is -3.70. The summed E-state index contributed by atoms with van der Waals surface area (Å²) in [6.45, 7) is 2.74. The molecule has 0 heterocycles. The van der Waals surface area contributed by atoms with Crippen molar-refractivity contribution in [3.05, 3.63) is 37.9 Å². The van der Waals surface area contributed by atoms with Crippen molar-refractivity contribution in [2.45, 2.75) is 31.1 Å². The SMILES string of the molecule is CC(C)=NNc1c([N+](=O)[O-])cc(C(Cl)(C(F)(F)F)C(F)(F)F)cc1[N+](=O)[O-]. The summed E-state index contributed by atoms with van der Waals surface area (Å²) in [5.74, 6) is 0. The predicted octanol–water partition coefficient (Wildman–Crippen LogP) is 4.87. The van der Waals surface area contributed by atoms with Gasteiger partial charge in [0, 0.05) is 23.4 Å². The van der Waals surface area contributed by atoms with Gasteiger partial charge in [-0.15, -0.1) is 0 Å². The molecular weight excluding hydrogens is 414 g/mol. The van der Waals surface area contributed by atoms with Crippen LogP contribution in [0.1, 0.15) is 19.4 Å². The van der Waals surface area contributed by atoms with Gasteiger partial charge in [-0.3, -0.25) is 25.7 Å². The third-order valence-electron chi connectivity index (χ3n) is 3.06. The first-order valence-corrected chi connectivity index (χ1v) is 6.98. The van der Waals surface area contributed by atoms with E-state index >= 15 is 0 Å². The molecule has 1 N–H and O–H groups in total. The molecule has 0 saturated heterocycles. The number of benzene rings is 1. The molecule has 0 aliphatic heterocycles. The van der Waals surface area contributed by atoms with E-state index in [1.165, 1.54) is 13.8 Å². The van der Waals surface area contributed by atoms with E-state index in [0.717, 1.165) is 0 Å².